The van der Waals surface area contributed by atoms with Crippen molar-refractivity contribution in [3.05, 3.63) is 47.8 Å². The molecule has 1 saturated heterocycles. The van der Waals surface area contributed by atoms with Crippen molar-refractivity contribution in [3.8, 4) is 10.6 Å². The van der Waals surface area contributed by atoms with Crippen LogP contribution in [0.4, 0.5) is 11.5 Å². The summed E-state index contributed by atoms with van der Waals surface area (Å²) in [5.74, 6) is 0.719. The summed E-state index contributed by atoms with van der Waals surface area (Å²) in [6.07, 6.45) is 1.79. The van der Waals surface area contributed by atoms with Gasteiger partial charge in [0, 0.05) is 13.1 Å². The molecule has 0 bridgehead atoms. The van der Waals surface area contributed by atoms with Crippen LogP contribution in [-0.4, -0.2) is 37.9 Å². The lowest BCUT2D eigenvalue weighted by Crippen LogP contribution is -2.41. The Kier molecular flexibility index (Phi) is 4.91. The second-order valence-corrected chi connectivity index (χ2v) is 8.44. The lowest BCUT2D eigenvalue weighted by Gasteiger charge is -2.32. The Balaban J connectivity index is 1.29. The number of hydrogen-bond acceptors (Lipinski definition) is 8. The fourth-order valence-corrected chi connectivity index (χ4v) is 4.83. The van der Waals surface area contributed by atoms with Crippen LogP contribution in [0.3, 0.4) is 0 Å². The molecule has 0 saturated carbocycles. The van der Waals surface area contributed by atoms with E-state index in [2.05, 4.69) is 29.2 Å². The van der Waals surface area contributed by atoms with Gasteiger partial charge in [-0.3, -0.25) is 4.79 Å². The van der Waals surface area contributed by atoms with E-state index in [4.69, 9.17) is 0 Å². The van der Waals surface area contributed by atoms with Crippen LogP contribution in [0, 0.1) is 5.92 Å². The molecular formula is C20H18N6OS2. The molecule has 0 spiro atoms. The molecule has 1 unspecified atom stereocenters. The van der Waals surface area contributed by atoms with E-state index in [1.54, 1.807) is 11.3 Å². The SMILES string of the molecule is O=C(Nc1cccc2nsnc12)C1CCCN(c2ccc(-c3cccs3)nn2)C1. The third kappa shape index (κ3) is 3.70. The van der Waals surface area contributed by atoms with E-state index in [0.717, 1.165) is 64.2 Å². The topological polar surface area (TPSA) is 83.9 Å². The Morgan fingerprint density at radius 3 is 2.90 bits per heavy atom. The third-order valence-electron chi connectivity index (χ3n) is 5.08. The van der Waals surface area contributed by atoms with Crippen LogP contribution in [-0.2, 0) is 4.79 Å². The zero-order valence-corrected chi connectivity index (χ0v) is 17.1. The summed E-state index contributed by atoms with van der Waals surface area (Å²) >= 11 is 2.80. The highest BCUT2D eigenvalue weighted by Crippen LogP contribution is 2.27. The van der Waals surface area contributed by atoms with Crippen molar-refractivity contribution < 1.29 is 4.79 Å². The van der Waals surface area contributed by atoms with Gasteiger partial charge in [0.2, 0.25) is 5.91 Å². The van der Waals surface area contributed by atoms with Crippen molar-refractivity contribution in [3.63, 3.8) is 0 Å². The highest BCUT2D eigenvalue weighted by atomic mass is 32.1. The van der Waals surface area contributed by atoms with Crippen LogP contribution in [0.1, 0.15) is 12.8 Å². The predicted octanol–water partition coefficient (Wildman–Crippen LogP) is 4.06. The number of carbonyl (C=O) groups excluding carboxylic acids is 1. The molecule has 5 rings (SSSR count). The highest BCUT2D eigenvalue weighted by molar-refractivity contribution is 7.13. The maximum absolute atomic E-state index is 12.9. The van der Waals surface area contributed by atoms with Gasteiger partial charge in [-0.2, -0.15) is 8.75 Å². The molecule has 1 aliphatic heterocycles. The highest BCUT2D eigenvalue weighted by Gasteiger charge is 2.27. The number of nitrogens with zero attached hydrogens (tertiary/aromatic N) is 5. The van der Waals surface area contributed by atoms with Crippen molar-refractivity contribution in [1.29, 1.82) is 0 Å². The van der Waals surface area contributed by atoms with E-state index in [9.17, 15) is 4.79 Å². The first-order chi connectivity index (χ1) is 14.3. The lowest BCUT2D eigenvalue weighted by atomic mass is 9.97. The molecule has 0 aliphatic carbocycles. The molecular weight excluding hydrogens is 404 g/mol. The molecule has 1 aliphatic rings. The number of rotatable bonds is 4. The molecule has 1 amide bonds. The molecule has 1 N–H and O–H groups in total. The first-order valence-corrected chi connectivity index (χ1v) is 11.0. The summed E-state index contributed by atoms with van der Waals surface area (Å²) in [7, 11) is 0. The zero-order chi connectivity index (χ0) is 19.6. The summed E-state index contributed by atoms with van der Waals surface area (Å²) in [6, 6.07) is 13.7. The number of amides is 1. The number of nitrogens with one attached hydrogen (secondary N) is 1. The number of aromatic nitrogens is 4. The smallest absolute Gasteiger partial charge is 0.229 e. The van der Waals surface area contributed by atoms with Crippen molar-refractivity contribution >= 4 is 51.5 Å². The normalized spacial score (nSPS) is 16.8. The van der Waals surface area contributed by atoms with Gasteiger partial charge in [-0.15, -0.1) is 21.5 Å². The van der Waals surface area contributed by atoms with Crippen LogP contribution in [0.5, 0.6) is 0 Å². The summed E-state index contributed by atoms with van der Waals surface area (Å²) in [6.45, 7) is 1.51. The average Bonchev–Trinajstić information content (AvgIpc) is 3.47. The third-order valence-corrected chi connectivity index (χ3v) is 6.52. The van der Waals surface area contributed by atoms with E-state index >= 15 is 0 Å². The Morgan fingerprint density at radius 1 is 1.10 bits per heavy atom. The first-order valence-electron chi connectivity index (χ1n) is 9.42. The minimum atomic E-state index is -0.107. The van der Waals surface area contributed by atoms with Crippen LogP contribution in [0.25, 0.3) is 21.6 Å². The number of carbonyl (C=O) groups is 1. The van der Waals surface area contributed by atoms with Crippen molar-refractivity contribution in [2.45, 2.75) is 12.8 Å². The van der Waals surface area contributed by atoms with E-state index in [-0.39, 0.29) is 11.8 Å². The quantitative estimate of drug-likeness (QED) is 0.534. The fourth-order valence-electron chi connectivity index (χ4n) is 3.59. The van der Waals surface area contributed by atoms with E-state index in [0.29, 0.717) is 6.54 Å². The van der Waals surface area contributed by atoms with Gasteiger partial charge < -0.3 is 10.2 Å². The zero-order valence-electron chi connectivity index (χ0n) is 15.5. The molecule has 146 valence electrons. The van der Waals surface area contributed by atoms with E-state index < -0.39 is 0 Å². The minimum Gasteiger partial charge on any atom is -0.354 e. The second kappa shape index (κ2) is 7.84. The molecule has 0 radical (unpaired) electrons. The summed E-state index contributed by atoms with van der Waals surface area (Å²) in [5, 5.41) is 13.8. The number of hydrogen-bond donors (Lipinski definition) is 1. The molecule has 4 heterocycles. The lowest BCUT2D eigenvalue weighted by molar-refractivity contribution is -0.120. The standard InChI is InChI=1S/C20H18N6OS2/c27-20(21-15-5-1-6-16-19(15)25-29-24-16)13-4-2-10-26(12-13)18-9-8-14(22-23-18)17-7-3-11-28-17/h1,3,5-9,11,13H,2,4,10,12H2,(H,21,27). The predicted molar refractivity (Wildman–Crippen MR) is 116 cm³/mol. The average molecular weight is 423 g/mol. The van der Waals surface area contributed by atoms with Crippen molar-refractivity contribution in [2.24, 2.45) is 5.92 Å². The van der Waals surface area contributed by atoms with Crippen LogP contribution in [0.2, 0.25) is 0 Å². The maximum Gasteiger partial charge on any atom is 0.229 e. The molecule has 4 aromatic rings. The van der Waals surface area contributed by atoms with Crippen LogP contribution < -0.4 is 10.2 Å². The second-order valence-electron chi connectivity index (χ2n) is 6.97. The van der Waals surface area contributed by atoms with Gasteiger partial charge in [0.05, 0.1) is 28.2 Å². The number of fused-ring (bicyclic) bond motifs is 1. The molecule has 9 heteroatoms. The van der Waals surface area contributed by atoms with E-state index in [1.165, 1.54) is 0 Å². The Morgan fingerprint density at radius 2 is 2.07 bits per heavy atom. The largest absolute Gasteiger partial charge is 0.354 e. The Hall–Kier alpha value is -2.91. The molecule has 1 fully saturated rings. The van der Waals surface area contributed by atoms with Crippen molar-refractivity contribution in [2.75, 3.05) is 23.3 Å². The molecule has 29 heavy (non-hydrogen) atoms. The van der Waals surface area contributed by atoms with Gasteiger partial charge in [-0.25, -0.2) is 0 Å². The van der Waals surface area contributed by atoms with Gasteiger partial charge in [0.15, 0.2) is 5.82 Å². The first kappa shape index (κ1) is 18.1. The maximum atomic E-state index is 12.9. The number of piperidine rings is 1. The van der Waals surface area contributed by atoms with Crippen LogP contribution >= 0.6 is 23.1 Å². The summed E-state index contributed by atoms with van der Waals surface area (Å²) < 4.78 is 8.53. The van der Waals surface area contributed by atoms with Crippen LogP contribution in [0.15, 0.2) is 47.8 Å². The Labute approximate surface area is 175 Å². The Bertz CT molecular complexity index is 1130. The number of benzene rings is 1. The number of anilines is 2. The van der Waals surface area contributed by atoms with E-state index in [1.807, 2.05) is 47.8 Å². The van der Waals surface area contributed by atoms with Crippen molar-refractivity contribution in [1.82, 2.24) is 18.9 Å². The molecule has 1 atom stereocenters. The summed E-state index contributed by atoms with van der Waals surface area (Å²) in [4.78, 5) is 16.1. The fraction of sp³-hybridized carbons (Fsp3) is 0.250. The molecule has 3 aromatic heterocycles. The summed E-state index contributed by atoms with van der Waals surface area (Å²) in [5.41, 5.74) is 3.14. The van der Waals surface area contributed by atoms with Gasteiger partial charge in [-0.1, -0.05) is 12.1 Å². The van der Waals surface area contributed by atoms with Gasteiger partial charge in [-0.05, 0) is 48.6 Å². The molecule has 7 nitrogen and oxygen atoms in total. The minimum absolute atomic E-state index is 0.0124. The van der Waals surface area contributed by atoms with Gasteiger partial charge in [0.25, 0.3) is 0 Å². The van der Waals surface area contributed by atoms with Gasteiger partial charge in [0.1, 0.15) is 16.7 Å². The number of thiophene rings is 1. The molecule has 1 aromatic carbocycles. The monoisotopic (exact) mass is 422 g/mol. The van der Waals surface area contributed by atoms with Gasteiger partial charge >= 0.3 is 0 Å².